The fraction of sp³-hybridized carbons (Fsp3) is 0.567. The lowest BCUT2D eigenvalue weighted by Gasteiger charge is -2.54. The molecule has 1 aromatic carbocycles. The Balaban J connectivity index is 1.58. The van der Waals surface area contributed by atoms with E-state index < -0.39 is 29.4 Å². The molecule has 7 heteroatoms. The molecule has 0 unspecified atom stereocenters. The van der Waals surface area contributed by atoms with E-state index in [0.29, 0.717) is 19.3 Å². The fourth-order valence-corrected chi connectivity index (χ4v) is 7.81. The van der Waals surface area contributed by atoms with E-state index in [0.717, 1.165) is 31.4 Å². The van der Waals surface area contributed by atoms with Crippen molar-refractivity contribution in [1.82, 2.24) is 0 Å². The topological polar surface area (TPSA) is 83.9 Å². The number of fused-ring (bicyclic) bond motifs is 4. The van der Waals surface area contributed by atoms with Gasteiger partial charge in [-0.2, -0.15) is 0 Å². The smallest absolute Gasteiger partial charge is 0.321 e. The molecule has 37 heavy (non-hydrogen) atoms. The van der Waals surface area contributed by atoms with Gasteiger partial charge in [-0.25, -0.2) is 0 Å². The normalized spacial score (nSPS) is 32.7. The number of benzene rings is 1. The van der Waals surface area contributed by atoms with Gasteiger partial charge in [-0.15, -0.1) is 11.6 Å². The first-order valence-electron chi connectivity index (χ1n) is 13.3. The Labute approximate surface area is 223 Å². The summed E-state index contributed by atoms with van der Waals surface area (Å²) in [5.74, 6) is -0.794. The molecule has 6 nitrogen and oxygen atoms in total. The van der Waals surface area contributed by atoms with Crippen LogP contribution in [0.3, 0.4) is 0 Å². The molecule has 0 amide bonds. The van der Waals surface area contributed by atoms with Gasteiger partial charge in [0.25, 0.3) is 0 Å². The van der Waals surface area contributed by atoms with Gasteiger partial charge in [-0.3, -0.25) is 14.4 Å². The third-order valence-corrected chi connectivity index (χ3v) is 9.85. The summed E-state index contributed by atoms with van der Waals surface area (Å²) in [6.07, 6.45) is 6.65. The van der Waals surface area contributed by atoms with E-state index in [-0.39, 0.29) is 29.4 Å². The lowest BCUT2D eigenvalue weighted by Crippen LogP contribution is -2.56. The third kappa shape index (κ3) is 4.26. The molecule has 5 atom stereocenters. The first kappa shape index (κ1) is 26.2. The summed E-state index contributed by atoms with van der Waals surface area (Å²) in [6, 6.07) is 8.56. The van der Waals surface area contributed by atoms with Crippen LogP contribution < -0.4 is 4.90 Å². The number of hydrogen-bond donors (Lipinski definition) is 1. The average Bonchev–Trinajstić information content (AvgIpc) is 3.17. The molecule has 0 aromatic heterocycles. The number of allylic oxidation sites excluding steroid dienone is 4. The number of carbonyl (C=O) groups excluding carboxylic acids is 3. The first-order chi connectivity index (χ1) is 17.6. The number of Topliss-reactive ketones (excluding diaryl/α,β-unsaturated/α-hetero) is 1. The summed E-state index contributed by atoms with van der Waals surface area (Å²) >= 11 is 5.54. The monoisotopic (exact) mass is 525 g/mol. The maximum Gasteiger partial charge on any atom is 0.321 e. The minimum atomic E-state index is -1.57. The second-order valence-electron chi connectivity index (χ2n) is 11.6. The van der Waals surface area contributed by atoms with Gasteiger partial charge in [0.2, 0.25) is 5.78 Å². The average molecular weight is 526 g/mol. The van der Waals surface area contributed by atoms with E-state index in [4.69, 9.17) is 16.3 Å². The summed E-state index contributed by atoms with van der Waals surface area (Å²) < 4.78 is 5.06. The maximum absolute atomic E-state index is 13.4. The summed E-state index contributed by atoms with van der Waals surface area (Å²) in [7, 11) is 4.03. The summed E-state index contributed by atoms with van der Waals surface area (Å²) in [5, 5.41) is 12.0. The standard InChI is InChI=1S/C30H36ClNO5/c1-29-15-24(18-4-7-20(8-5-18)32(2)3)28-22-11-9-21(33)14-19(22)6-10-23(28)25(29)12-13-30(29,36)26(34)17-37-27(35)16-31/h4-5,7-8,14,23-25,36H,6,9-13,15-17H2,1-3H3/t23-,24+,25-,29-,30-/m0/s1. The highest BCUT2D eigenvalue weighted by Gasteiger charge is 2.65. The zero-order valence-corrected chi connectivity index (χ0v) is 22.6. The molecule has 5 rings (SSSR count). The Morgan fingerprint density at radius 2 is 1.86 bits per heavy atom. The minimum Gasteiger partial charge on any atom is -0.457 e. The number of rotatable bonds is 6. The van der Waals surface area contributed by atoms with Crippen LogP contribution in [0.5, 0.6) is 0 Å². The first-order valence-corrected chi connectivity index (χ1v) is 13.8. The zero-order chi connectivity index (χ0) is 26.5. The van der Waals surface area contributed by atoms with Crippen LogP contribution in [0.25, 0.3) is 0 Å². The van der Waals surface area contributed by atoms with Crippen LogP contribution >= 0.6 is 11.6 Å². The van der Waals surface area contributed by atoms with E-state index in [9.17, 15) is 19.5 Å². The highest BCUT2D eigenvalue weighted by atomic mass is 35.5. The van der Waals surface area contributed by atoms with Crippen LogP contribution in [0.15, 0.2) is 47.1 Å². The molecule has 2 fully saturated rings. The van der Waals surface area contributed by atoms with Gasteiger partial charge in [0, 0.05) is 37.5 Å². The highest BCUT2D eigenvalue weighted by Crippen LogP contribution is 2.66. The third-order valence-electron chi connectivity index (χ3n) is 9.63. The van der Waals surface area contributed by atoms with Gasteiger partial charge in [0.05, 0.1) is 0 Å². The van der Waals surface area contributed by atoms with Crippen molar-refractivity contribution in [2.24, 2.45) is 17.3 Å². The number of alkyl halides is 1. The maximum atomic E-state index is 13.4. The van der Waals surface area contributed by atoms with Gasteiger partial charge in [0.1, 0.15) is 11.5 Å². The second-order valence-corrected chi connectivity index (χ2v) is 11.9. The van der Waals surface area contributed by atoms with E-state index in [1.54, 1.807) is 0 Å². The fourth-order valence-electron chi connectivity index (χ4n) is 7.73. The van der Waals surface area contributed by atoms with Gasteiger partial charge >= 0.3 is 5.97 Å². The van der Waals surface area contributed by atoms with Gasteiger partial charge in [-0.05, 0) is 85.3 Å². The molecule has 0 spiro atoms. The molecule has 0 heterocycles. The quantitative estimate of drug-likeness (QED) is 0.427. The van der Waals surface area contributed by atoms with Crippen LogP contribution in [-0.4, -0.2) is 54.8 Å². The van der Waals surface area contributed by atoms with Crippen molar-refractivity contribution in [1.29, 1.82) is 0 Å². The van der Waals surface area contributed by atoms with Crippen molar-refractivity contribution in [3.05, 3.63) is 52.6 Å². The summed E-state index contributed by atoms with van der Waals surface area (Å²) in [4.78, 5) is 39.3. The molecular weight excluding hydrogens is 490 g/mol. The molecule has 0 aliphatic heterocycles. The SMILES string of the molecule is CN(C)c1ccc([C@H]2C[C@@]3(C)[C@@H](CC[C@]3(O)C(=O)COC(=O)CCl)[C@@H]3CCC4=CC(=O)CCC4=C32)cc1. The zero-order valence-electron chi connectivity index (χ0n) is 21.9. The molecule has 4 aliphatic rings. The Kier molecular flexibility index (Phi) is 6.86. The van der Waals surface area contributed by atoms with Crippen LogP contribution in [0.2, 0.25) is 0 Å². The lowest BCUT2D eigenvalue weighted by atomic mass is 9.50. The largest absolute Gasteiger partial charge is 0.457 e. The van der Waals surface area contributed by atoms with E-state index in [2.05, 4.69) is 36.1 Å². The Morgan fingerprint density at radius 3 is 2.54 bits per heavy atom. The highest BCUT2D eigenvalue weighted by molar-refractivity contribution is 6.26. The molecule has 4 aliphatic carbocycles. The Morgan fingerprint density at radius 1 is 1.14 bits per heavy atom. The van der Waals surface area contributed by atoms with E-state index in [1.807, 2.05) is 20.2 Å². The molecule has 0 radical (unpaired) electrons. The molecule has 0 saturated heterocycles. The predicted molar refractivity (Wildman–Crippen MR) is 143 cm³/mol. The summed E-state index contributed by atoms with van der Waals surface area (Å²) in [5.41, 5.74) is 3.97. The summed E-state index contributed by atoms with van der Waals surface area (Å²) in [6.45, 7) is 1.60. The van der Waals surface area contributed by atoms with Crippen LogP contribution in [-0.2, 0) is 19.1 Å². The van der Waals surface area contributed by atoms with Crippen LogP contribution in [0.4, 0.5) is 5.69 Å². The molecule has 198 valence electrons. The molecule has 2 saturated carbocycles. The van der Waals surface area contributed by atoms with Gasteiger partial charge in [-0.1, -0.05) is 24.6 Å². The number of anilines is 1. The van der Waals surface area contributed by atoms with Crippen molar-refractivity contribution < 1.29 is 24.2 Å². The molecule has 1 N–H and O–H groups in total. The molecular formula is C30H36ClNO5. The Hall–Kier alpha value is -2.44. The minimum absolute atomic E-state index is 0.0391. The van der Waals surface area contributed by atoms with Crippen molar-refractivity contribution in [3.8, 4) is 0 Å². The van der Waals surface area contributed by atoms with Crippen molar-refractivity contribution in [3.63, 3.8) is 0 Å². The van der Waals surface area contributed by atoms with Crippen molar-refractivity contribution >= 4 is 34.8 Å². The van der Waals surface area contributed by atoms with E-state index in [1.165, 1.54) is 22.3 Å². The number of aliphatic hydroxyl groups is 1. The van der Waals surface area contributed by atoms with Crippen LogP contribution in [0.1, 0.15) is 63.4 Å². The second kappa shape index (κ2) is 9.70. The molecule has 1 aromatic rings. The van der Waals surface area contributed by atoms with Crippen molar-refractivity contribution in [2.45, 2.75) is 63.4 Å². The Bertz CT molecular complexity index is 1180. The number of esters is 1. The number of nitrogens with zero attached hydrogens (tertiary/aromatic N) is 1. The van der Waals surface area contributed by atoms with E-state index >= 15 is 0 Å². The predicted octanol–water partition coefficient (Wildman–Crippen LogP) is 4.73. The molecule has 0 bridgehead atoms. The number of ketones is 2. The van der Waals surface area contributed by atoms with Crippen molar-refractivity contribution in [2.75, 3.05) is 31.5 Å². The van der Waals surface area contributed by atoms with Crippen LogP contribution in [0, 0.1) is 17.3 Å². The van der Waals surface area contributed by atoms with Gasteiger partial charge < -0.3 is 14.7 Å². The number of halogens is 1. The number of carbonyl (C=O) groups is 3. The number of ether oxygens (including phenoxy) is 1. The van der Waals surface area contributed by atoms with Gasteiger partial charge in [0.15, 0.2) is 12.4 Å². The lowest BCUT2D eigenvalue weighted by molar-refractivity contribution is -0.164. The number of hydrogen-bond acceptors (Lipinski definition) is 6.